The van der Waals surface area contributed by atoms with Crippen LogP contribution in [0, 0.1) is 12.8 Å². The predicted octanol–water partition coefficient (Wildman–Crippen LogP) is 1.12. The summed E-state index contributed by atoms with van der Waals surface area (Å²) in [6.45, 7) is 7.79. The first-order valence-electron chi connectivity index (χ1n) is 5.47. The molecule has 1 aromatic rings. The number of nitrogens with one attached hydrogen (secondary N) is 2. The minimum absolute atomic E-state index is 0.112. The lowest BCUT2D eigenvalue weighted by Crippen LogP contribution is -2.27. The van der Waals surface area contributed by atoms with Crippen LogP contribution in [0.3, 0.4) is 0 Å². The summed E-state index contributed by atoms with van der Waals surface area (Å²) in [7, 11) is 0. The Kier molecular flexibility index (Phi) is 4.98. The van der Waals surface area contributed by atoms with E-state index in [1.165, 1.54) is 6.20 Å². The van der Waals surface area contributed by atoms with Crippen LogP contribution >= 0.6 is 0 Å². The monoisotopic (exact) mass is 225 g/mol. The van der Waals surface area contributed by atoms with Crippen LogP contribution in [0.5, 0.6) is 0 Å². The molecule has 1 aromatic heterocycles. The van der Waals surface area contributed by atoms with E-state index in [2.05, 4.69) is 29.4 Å². The first kappa shape index (κ1) is 12.7. The lowest BCUT2D eigenvalue weighted by atomic mass is 10.2. The van der Waals surface area contributed by atoms with Crippen LogP contribution < -0.4 is 5.32 Å². The number of H-pyrrole nitrogens is 1. The fraction of sp³-hybridized carbons (Fsp3) is 0.636. The molecule has 0 aliphatic rings. The number of hydrogen-bond donors (Lipinski definition) is 2. The van der Waals surface area contributed by atoms with E-state index in [4.69, 9.17) is 4.74 Å². The molecule has 0 fully saturated rings. The van der Waals surface area contributed by atoms with Gasteiger partial charge in [-0.15, -0.1) is 0 Å². The van der Waals surface area contributed by atoms with Gasteiger partial charge in [0.25, 0.3) is 5.91 Å². The SMILES string of the molecule is Cc1[nH]ncc1C(=O)NCCOCC(C)C. The molecule has 16 heavy (non-hydrogen) atoms. The summed E-state index contributed by atoms with van der Waals surface area (Å²) in [4.78, 5) is 11.6. The summed E-state index contributed by atoms with van der Waals surface area (Å²) >= 11 is 0. The number of amides is 1. The number of carbonyl (C=O) groups excluding carboxylic acids is 1. The molecule has 0 aliphatic carbocycles. The average Bonchev–Trinajstić information content (AvgIpc) is 2.63. The Hall–Kier alpha value is -1.36. The smallest absolute Gasteiger partial charge is 0.254 e. The Balaban J connectivity index is 2.19. The van der Waals surface area contributed by atoms with Gasteiger partial charge < -0.3 is 10.1 Å². The summed E-state index contributed by atoms with van der Waals surface area (Å²) < 4.78 is 5.35. The molecule has 2 N–H and O–H groups in total. The molecule has 0 radical (unpaired) electrons. The van der Waals surface area contributed by atoms with Gasteiger partial charge in [-0.1, -0.05) is 13.8 Å². The first-order chi connectivity index (χ1) is 7.61. The fourth-order valence-corrected chi connectivity index (χ4v) is 1.23. The Morgan fingerprint density at radius 3 is 2.94 bits per heavy atom. The molecule has 0 aliphatic heterocycles. The summed E-state index contributed by atoms with van der Waals surface area (Å²) in [5.74, 6) is 0.409. The van der Waals surface area contributed by atoms with Gasteiger partial charge in [-0.2, -0.15) is 5.10 Å². The minimum atomic E-state index is -0.112. The maximum absolute atomic E-state index is 11.6. The second kappa shape index (κ2) is 6.27. The molecular weight excluding hydrogens is 206 g/mol. The van der Waals surface area contributed by atoms with Crippen LogP contribution in [0.1, 0.15) is 29.9 Å². The van der Waals surface area contributed by atoms with Crippen molar-refractivity contribution in [1.82, 2.24) is 15.5 Å². The molecule has 0 bridgehead atoms. The maximum Gasteiger partial charge on any atom is 0.254 e. The molecule has 0 spiro atoms. The third-order valence-electron chi connectivity index (χ3n) is 2.06. The van der Waals surface area contributed by atoms with Crippen LogP contribution in [0.15, 0.2) is 6.20 Å². The highest BCUT2D eigenvalue weighted by Crippen LogP contribution is 2.01. The number of aryl methyl sites for hydroxylation is 1. The van der Waals surface area contributed by atoms with Crippen molar-refractivity contribution in [3.05, 3.63) is 17.5 Å². The van der Waals surface area contributed by atoms with Gasteiger partial charge in [0.05, 0.1) is 18.4 Å². The molecule has 1 rings (SSSR count). The number of hydrogen-bond acceptors (Lipinski definition) is 3. The fourth-order valence-electron chi connectivity index (χ4n) is 1.23. The molecule has 5 nitrogen and oxygen atoms in total. The van der Waals surface area contributed by atoms with Crippen LogP contribution in [0.2, 0.25) is 0 Å². The number of aromatic amines is 1. The van der Waals surface area contributed by atoms with Gasteiger partial charge in [-0.3, -0.25) is 9.89 Å². The zero-order valence-electron chi connectivity index (χ0n) is 10.0. The van der Waals surface area contributed by atoms with E-state index in [9.17, 15) is 4.79 Å². The number of ether oxygens (including phenoxy) is 1. The van der Waals surface area contributed by atoms with Crippen molar-refractivity contribution in [3.8, 4) is 0 Å². The van der Waals surface area contributed by atoms with Crippen LogP contribution in [-0.2, 0) is 4.74 Å². The minimum Gasteiger partial charge on any atom is -0.379 e. The quantitative estimate of drug-likeness (QED) is 0.713. The lowest BCUT2D eigenvalue weighted by Gasteiger charge is -2.07. The normalized spacial score (nSPS) is 10.8. The molecule has 90 valence electrons. The van der Waals surface area contributed by atoms with E-state index in [1.54, 1.807) is 0 Å². The second-order valence-corrected chi connectivity index (χ2v) is 4.13. The van der Waals surface area contributed by atoms with E-state index < -0.39 is 0 Å². The van der Waals surface area contributed by atoms with Crippen molar-refractivity contribution in [2.24, 2.45) is 5.92 Å². The number of carbonyl (C=O) groups is 1. The Labute approximate surface area is 95.6 Å². The Morgan fingerprint density at radius 2 is 2.38 bits per heavy atom. The highest BCUT2D eigenvalue weighted by atomic mass is 16.5. The zero-order chi connectivity index (χ0) is 12.0. The molecule has 0 atom stereocenters. The first-order valence-corrected chi connectivity index (χ1v) is 5.47. The van der Waals surface area contributed by atoms with Gasteiger partial charge in [0.1, 0.15) is 0 Å². The topological polar surface area (TPSA) is 67.0 Å². The molecule has 0 unspecified atom stereocenters. The number of rotatable bonds is 6. The zero-order valence-corrected chi connectivity index (χ0v) is 10.0. The molecular formula is C11H19N3O2. The third-order valence-corrected chi connectivity index (χ3v) is 2.06. The van der Waals surface area contributed by atoms with E-state index >= 15 is 0 Å². The summed E-state index contributed by atoms with van der Waals surface area (Å²) in [5.41, 5.74) is 1.37. The third kappa shape index (κ3) is 4.02. The average molecular weight is 225 g/mol. The van der Waals surface area contributed by atoms with Gasteiger partial charge in [-0.05, 0) is 12.8 Å². The highest BCUT2D eigenvalue weighted by Gasteiger charge is 2.09. The second-order valence-electron chi connectivity index (χ2n) is 4.13. The van der Waals surface area contributed by atoms with E-state index in [1.807, 2.05) is 6.92 Å². The van der Waals surface area contributed by atoms with E-state index in [0.717, 1.165) is 12.3 Å². The molecule has 0 saturated carbocycles. The lowest BCUT2D eigenvalue weighted by molar-refractivity contribution is 0.0886. The Bertz CT molecular complexity index is 334. The van der Waals surface area contributed by atoms with Crippen molar-refractivity contribution in [2.45, 2.75) is 20.8 Å². The van der Waals surface area contributed by atoms with E-state index in [0.29, 0.717) is 24.6 Å². The number of nitrogens with zero attached hydrogens (tertiary/aromatic N) is 1. The highest BCUT2D eigenvalue weighted by molar-refractivity contribution is 5.94. The summed E-state index contributed by atoms with van der Waals surface area (Å²) in [5, 5.41) is 9.29. The summed E-state index contributed by atoms with van der Waals surface area (Å²) in [6, 6.07) is 0. The van der Waals surface area contributed by atoms with Gasteiger partial charge in [0.15, 0.2) is 0 Å². The predicted molar refractivity (Wildman–Crippen MR) is 61.3 cm³/mol. The standard InChI is InChI=1S/C11H19N3O2/c1-8(2)7-16-5-4-12-11(15)10-6-13-14-9(10)3/h6,8H,4-5,7H2,1-3H3,(H,12,15)(H,13,14). The molecule has 5 heteroatoms. The Morgan fingerprint density at radius 1 is 1.62 bits per heavy atom. The van der Waals surface area contributed by atoms with Crippen LogP contribution in [0.4, 0.5) is 0 Å². The number of aromatic nitrogens is 2. The van der Waals surface area contributed by atoms with Crippen molar-refractivity contribution < 1.29 is 9.53 Å². The molecule has 0 aromatic carbocycles. The van der Waals surface area contributed by atoms with Crippen LogP contribution in [-0.4, -0.2) is 35.9 Å². The molecule has 0 saturated heterocycles. The van der Waals surface area contributed by atoms with Gasteiger partial charge in [0, 0.05) is 18.8 Å². The molecule has 1 heterocycles. The van der Waals surface area contributed by atoms with Gasteiger partial charge >= 0.3 is 0 Å². The van der Waals surface area contributed by atoms with Crippen molar-refractivity contribution in [2.75, 3.05) is 19.8 Å². The van der Waals surface area contributed by atoms with E-state index in [-0.39, 0.29) is 5.91 Å². The van der Waals surface area contributed by atoms with Gasteiger partial charge in [0.2, 0.25) is 0 Å². The van der Waals surface area contributed by atoms with Crippen molar-refractivity contribution >= 4 is 5.91 Å². The van der Waals surface area contributed by atoms with Gasteiger partial charge in [-0.25, -0.2) is 0 Å². The largest absolute Gasteiger partial charge is 0.379 e. The van der Waals surface area contributed by atoms with Crippen molar-refractivity contribution in [1.29, 1.82) is 0 Å². The maximum atomic E-state index is 11.6. The molecule has 1 amide bonds. The van der Waals surface area contributed by atoms with Crippen molar-refractivity contribution in [3.63, 3.8) is 0 Å². The van der Waals surface area contributed by atoms with Crippen LogP contribution in [0.25, 0.3) is 0 Å². The summed E-state index contributed by atoms with van der Waals surface area (Å²) in [6.07, 6.45) is 1.53.